The van der Waals surface area contributed by atoms with Gasteiger partial charge >= 0.3 is 11.9 Å². The quantitative estimate of drug-likeness (QED) is 0.212. The number of carbonyl (C=O) groups is 2. The van der Waals surface area contributed by atoms with Gasteiger partial charge in [0.05, 0.1) is 23.3 Å². The molecule has 10 heteroatoms. The molecule has 1 heterocycles. The van der Waals surface area contributed by atoms with Crippen LogP contribution in [0.1, 0.15) is 145 Å². The summed E-state index contributed by atoms with van der Waals surface area (Å²) < 4.78 is 45.1. The van der Waals surface area contributed by atoms with E-state index in [1.54, 1.807) is 0 Å². The number of ether oxygens (including phenoxy) is 1. The fraction of sp³-hybridized carbons (Fsp3) is 0.957. The highest BCUT2D eigenvalue weighted by molar-refractivity contribution is 7.91. The summed E-state index contributed by atoms with van der Waals surface area (Å²) in [6, 6.07) is -0.220. The summed E-state index contributed by atoms with van der Waals surface area (Å²) in [5.41, 5.74) is 0.411. The number of carboxylic acid groups (broad SMARTS) is 1. The predicted octanol–water partition coefficient (Wildman–Crippen LogP) is 8.33. The second-order valence-corrected chi connectivity index (χ2v) is 25.5. The highest BCUT2D eigenvalue weighted by Crippen LogP contribution is 2.78. The van der Waals surface area contributed by atoms with E-state index in [1.807, 2.05) is 13.8 Å². The third kappa shape index (κ3) is 6.13. The number of carbonyl (C=O) groups excluding carboxylic acids is 1. The topological polar surface area (TPSA) is 113 Å². The van der Waals surface area contributed by atoms with Crippen molar-refractivity contribution in [3.8, 4) is 0 Å². The molecule has 13 atom stereocenters. The van der Waals surface area contributed by atoms with Crippen molar-refractivity contribution in [2.24, 2.45) is 73.9 Å². The Bertz CT molecular complexity index is 1670. The molecule has 56 heavy (non-hydrogen) atoms. The van der Waals surface area contributed by atoms with Crippen molar-refractivity contribution in [3.63, 3.8) is 0 Å². The van der Waals surface area contributed by atoms with Crippen LogP contribution in [-0.4, -0.2) is 85.9 Å². The molecule has 8 fully saturated rings. The lowest BCUT2D eigenvalue weighted by atomic mass is 9.32. The molecule has 318 valence electrons. The van der Waals surface area contributed by atoms with Gasteiger partial charge in [0.1, 0.15) is 12.8 Å². The van der Waals surface area contributed by atoms with Crippen LogP contribution in [0.2, 0.25) is 0 Å². The molecule has 7 saturated carbocycles. The van der Waals surface area contributed by atoms with Crippen LogP contribution in [0.4, 0.5) is 4.39 Å². The minimum atomic E-state index is -3.00. The molecule has 0 radical (unpaired) electrons. The van der Waals surface area contributed by atoms with Gasteiger partial charge in [0.25, 0.3) is 0 Å². The second kappa shape index (κ2) is 13.6. The first-order valence-electron chi connectivity index (χ1n) is 22.8. The maximum Gasteiger partial charge on any atom is 0.309 e. The number of esters is 1. The molecule has 0 bridgehead atoms. The van der Waals surface area contributed by atoms with Gasteiger partial charge in [0.2, 0.25) is 0 Å². The first-order chi connectivity index (χ1) is 26.1. The zero-order valence-electron chi connectivity index (χ0n) is 36.1. The van der Waals surface area contributed by atoms with Gasteiger partial charge in [-0.25, -0.2) is 12.8 Å². The maximum atomic E-state index is 14.5. The SMILES string of the molecule is CC1([C@@H]2CC[C@]3(NCCC(CF)N4CCS(=O)(=O)CC4)CC[C@]4(C)[C@H](CC[C@@H]5[C@@]6(C)CC[C@H](OC(=O)[C@H]7C[C@@H](C(=O)O)C7(C)C)C(C)(C)[C@@H]6CC[C@]54C)[C@@H]23)CC1. The Hall–Kier alpha value is -1.26. The minimum Gasteiger partial charge on any atom is -0.481 e. The maximum absolute atomic E-state index is 14.5. The number of aliphatic carboxylic acids is 1. The van der Waals surface area contributed by atoms with Crippen LogP contribution in [0.15, 0.2) is 0 Å². The molecule has 1 unspecified atom stereocenters. The fourth-order valence-electron chi connectivity index (χ4n) is 16.3. The number of sulfone groups is 1. The Balaban J connectivity index is 0.993. The third-order valence-electron chi connectivity index (χ3n) is 20.4. The summed E-state index contributed by atoms with van der Waals surface area (Å²) in [7, 11) is -3.00. The van der Waals surface area contributed by atoms with E-state index in [1.165, 1.54) is 57.8 Å². The molecule has 8 aliphatic rings. The van der Waals surface area contributed by atoms with Crippen LogP contribution >= 0.6 is 0 Å². The minimum absolute atomic E-state index is 0.0975. The first-order valence-corrected chi connectivity index (χ1v) is 24.6. The van der Waals surface area contributed by atoms with Crippen molar-refractivity contribution in [1.29, 1.82) is 0 Å². The molecule has 7 aliphatic carbocycles. The summed E-state index contributed by atoms with van der Waals surface area (Å²) >= 11 is 0. The van der Waals surface area contributed by atoms with Crippen LogP contribution in [0.5, 0.6) is 0 Å². The zero-order chi connectivity index (χ0) is 40.5. The van der Waals surface area contributed by atoms with Gasteiger partial charge in [0.15, 0.2) is 9.84 Å². The van der Waals surface area contributed by atoms with Crippen molar-refractivity contribution >= 4 is 21.8 Å². The standard InChI is InChI=1S/C46H75FN2O6S/c1-40(2)32(38(50)51)27-33(40)39(52)55-36-13-15-43(6)34(41(36,3)4)12-16-45(8)35(43)10-9-31-37-30(42(5)18-19-42)11-17-46(37,21-20-44(31,45)7)48-22-14-29(28-47)49-23-25-56(53,54)26-24-49/h29-37,48H,9-28H2,1-8H3,(H,50,51)/t29?,30-,31-,32+,33-,34+,35-,36+,37-,43+,44-,45-,46+/m1/s1. The van der Waals surface area contributed by atoms with E-state index in [-0.39, 0.29) is 62.7 Å². The average molecular weight is 803 g/mol. The van der Waals surface area contributed by atoms with Crippen molar-refractivity contribution in [1.82, 2.24) is 10.2 Å². The highest BCUT2D eigenvalue weighted by Gasteiger charge is 2.72. The first kappa shape index (κ1) is 41.5. The number of nitrogens with one attached hydrogen (secondary N) is 1. The molecule has 8 nitrogen and oxygen atoms in total. The van der Waals surface area contributed by atoms with E-state index in [4.69, 9.17) is 4.74 Å². The van der Waals surface area contributed by atoms with E-state index in [2.05, 4.69) is 51.8 Å². The number of carboxylic acids is 1. The summed E-state index contributed by atoms with van der Waals surface area (Å²) in [6.45, 7) is 20.3. The van der Waals surface area contributed by atoms with Crippen LogP contribution in [-0.2, 0) is 24.2 Å². The molecule has 8 rings (SSSR count). The molecule has 2 N–H and O–H groups in total. The normalized spacial score (nSPS) is 47.5. The molecule has 0 aromatic heterocycles. The number of nitrogens with zero attached hydrogens (tertiary/aromatic N) is 1. The Kier molecular flexibility index (Phi) is 10.1. The fourth-order valence-corrected chi connectivity index (χ4v) is 17.6. The van der Waals surface area contributed by atoms with E-state index < -0.39 is 33.8 Å². The molecule has 1 aliphatic heterocycles. The van der Waals surface area contributed by atoms with Crippen molar-refractivity contribution in [2.45, 2.75) is 163 Å². The Morgan fingerprint density at radius 1 is 0.786 bits per heavy atom. The average Bonchev–Trinajstić information content (AvgIpc) is 3.74. The van der Waals surface area contributed by atoms with Gasteiger partial charge in [-0.15, -0.1) is 0 Å². The van der Waals surface area contributed by atoms with Crippen LogP contribution in [0.3, 0.4) is 0 Å². The summed E-state index contributed by atoms with van der Waals surface area (Å²) in [4.78, 5) is 27.5. The van der Waals surface area contributed by atoms with Crippen LogP contribution in [0.25, 0.3) is 0 Å². The molecule has 0 aromatic carbocycles. The Labute approximate surface area is 337 Å². The lowest BCUT2D eigenvalue weighted by Crippen LogP contribution is -2.69. The number of fused-ring (bicyclic) bond motifs is 7. The number of hydrogen-bond acceptors (Lipinski definition) is 7. The highest BCUT2D eigenvalue weighted by atomic mass is 32.2. The van der Waals surface area contributed by atoms with Gasteiger partial charge in [-0.2, -0.15) is 0 Å². The van der Waals surface area contributed by atoms with Crippen molar-refractivity contribution in [3.05, 3.63) is 0 Å². The summed E-state index contributed by atoms with van der Waals surface area (Å²) in [5.74, 6) is 1.51. The van der Waals surface area contributed by atoms with E-state index in [9.17, 15) is 27.5 Å². The molecule has 0 spiro atoms. The largest absolute Gasteiger partial charge is 0.481 e. The Morgan fingerprint density at radius 3 is 2.11 bits per heavy atom. The van der Waals surface area contributed by atoms with E-state index in [0.717, 1.165) is 38.1 Å². The van der Waals surface area contributed by atoms with Crippen LogP contribution < -0.4 is 5.32 Å². The number of hydrogen-bond donors (Lipinski definition) is 2. The van der Waals surface area contributed by atoms with Gasteiger partial charge in [-0.3, -0.25) is 14.5 Å². The molecule has 0 aromatic rings. The zero-order valence-corrected chi connectivity index (χ0v) is 36.9. The van der Waals surface area contributed by atoms with Gasteiger partial charge < -0.3 is 15.2 Å². The summed E-state index contributed by atoms with van der Waals surface area (Å²) in [6.07, 6.45) is 15.4. The monoisotopic (exact) mass is 803 g/mol. The molecule has 0 amide bonds. The Morgan fingerprint density at radius 2 is 1.48 bits per heavy atom. The predicted molar refractivity (Wildman–Crippen MR) is 217 cm³/mol. The second-order valence-electron chi connectivity index (χ2n) is 23.1. The molecule has 1 saturated heterocycles. The number of halogens is 1. The van der Waals surface area contributed by atoms with Crippen LogP contribution in [0, 0.1) is 73.9 Å². The van der Waals surface area contributed by atoms with E-state index >= 15 is 0 Å². The van der Waals surface area contributed by atoms with Crippen molar-refractivity contribution < 1.29 is 32.2 Å². The number of alkyl halides is 1. The van der Waals surface area contributed by atoms with Gasteiger partial charge in [-0.05, 0) is 153 Å². The smallest absolute Gasteiger partial charge is 0.309 e. The van der Waals surface area contributed by atoms with Gasteiger partial charge in [-0.1, -0.05) is 55.4 Å². The lowest BCUT2D eigenvalue weighted by Gasteiger charge is -2.73. The van der Waals surface area contributed by atoms with Gasteiger partial charge in [0, 0.05) is 30.1 Å². The third-order valence-corrected chi connectivity index (χ3v) is 22.1. The van der Waals surface area contributed by atoms with Crippen molar-refractivity contribution in [2.75, 3.05) is 37.8 Å². The lowest BCUT2D eigenvalue weighted by molar-refractivity contribution is -0.249. The van der Waals surface area contributed by atoms with E-state index in [0.29, 0.717) is 48.6 Å². The number of rotatable bonds is 10. The summed E-state index contributed by atoms with van der Waals surface area (Å²) in [5, 5.41) is 13.9. The molecular formula is C46H75FN2O6S. The molecular weight excluding hydrogens is 728 g/mol.